The van der Waals surface area contributed by atoms with Gasteiger partial charge in [-0.1, -0.05) is 19.8 Å². The van der Waals surface area contributed by atoms with Crippen molar-refractivity contribution in [3.05, 3.63) is 17.6 Å². The molecule has 0 radical (unpaired) electrons. The number of aromatic nitrogens is 2. The van der Waals surface area contributed by atoms with E-state index >= 15 is 0 Å². The molecule has 1 saturated carbocycles. The Hall–Kier alpha value is -1.16. The number of hydrogen-bond donors (Lipinski definition) is 1. The summed E-state index contributed by atoms with van der Waals surface area (Å²) in [6.45, 7) is 6.42. The summed E-state index contributed by atoms with van der Waals surface area (Å²) in [5.74, 6) is 2.79. The zero-order chi connectivity index (χ0) is 14.9. The number of anilines is 1. The molecule has 1 saturated heterocycles. The minimum Gasteiger partial charge on any atom is -0.396 e. The third-order valence-corrected chi connectivity index (χ3v) is 5.06. The zero-order valence-corrected chi connectivity index (χ0v) is 13.3. The third kappa shape index (κ3) is 3.20. The van der Waals surface area contributed by atoms with Gasteiger partial charge in [-0.25, -0.2) is 9.97 Å². The van der Waals surface area contributed by atoms with Crippen LogP contribution < -0.4 is 4.90 Å². The number of aliphatic hydroxyl groups excluding tert-OH is 1. The summed E-state index contributed by atoms with van der Waals surface area (Å²) in [4.78, 5) is 11.4. The van der Waals surface area contributed by atoms with E-state index in [4.69, 9.17) is 4.98 Å². The molecule has 4 nitrogen and oxygen atoms in total. The van der Waals surface area contributed by atoms with Crippen LogP contribution in [0.5, 0.6) is 0 Å². The van der Waals surface area contributed by atoms with Gasteiger partial charge in [0.05, 0.1) is 6.61 Å². The van der Waals surface area contributed by atoms with Crippen molar-refractivity contribution in [3.63, 3.8) is 0 Å². The van der Waals surface area contributed by atoms with E-state index in [1.54, 1.807) is 0 Å². The van der Waals surface area contributed by atoms with E-state index in [0.29, 0.717) is 6.61 Å². The average Bonchev–Trinajstić information content (AvgIpc) is 3.31. The number of piperidine rings is 1. The Morgan fingerprint density at radius 3 is 2.90 bits per heavy atom. The van der Waals surface area contributed by atoms with Gasteiger partial charge in [0.2, 0.25) is 0 Å². The van der Waals surface area contributed by atoms with Crippen molar-refractivity contribution in [1.82, 2.24) is 9.97 Å². The van der Waals surface area contributed by atoms with Crippen LogP contribution >= 0.6 is 0 Å². The van der Waals surface area contributed by atoms with E-state index in [1.165, 1.54) is 24.8 Å². The van der Waals surface area contributed by atoms with E-state index in [2.05, 4.69) is 16.8 Å². The first-order valence-electron chi connectivity index (χ1n) is 8.34. The van der Waals surface area contributed by atoms with E-state index < -0.39 is 0 Å². The summed E-state index contributed by atoms with van der Waals surface area (Å²) in [6, 6.07) is 0. The highest BCUT2D eigenvalue weighted by molar-refractivity contribution is 5.47. The first kappa shape index (κ1) is 14.8. The molecule has 1 N–H and O–H groups in total. The molecule has 1 aliphatic carbocycles. The first-order chi connectivity index (χ1) is 10.2. The molecule has 2 aliphatic rings. The molecule has 3 rings (SSSR count). The Bertz CT molecular complexity index is 501. The van der Waals surface area contributed by atoms with Gasteiger partial charge >= 0.3 is 0 Å². The lowest BCUT2D eigenvalue weighted by Crippen LogP contribution is -2.46. The molecule has 1 aromatic heterocycles. The van der Waals surface area contributed by atoms with Crippen molar-refractivity contribution in [2.45, 2.75) is 52.4 Å². The maximum absolute atomic E-state index is 10.0. The Balaban J connectivity index is 1.83. The van der Waals surface area contributed by atoms with Crippen LogP contribution in [-0.2, 0) is 6.42 Å². The molecule has 4 heteroatoms. The second kappa shape index (κ2) is 5.91. The highest BCUT2D eigenvalue weighted by atomic mass is 16.3. The summed E-state index contributed by atoms with van der Waals surface area (Å²) < 4.78 is 0. The second-order valence-electron chi connectivity index (χ2n) is 6.95. The predicted octanol–water partition coefficient (Wildman–Crippen LogP) is 2.73. The molecule has 1 atom stereocenters. The van der Waals surface area contributed by atoms with Gasteiger partial charge in [-0.2, -0.15) is 0 Å². The van der Waals surface area contributed by atoms with E-state index in [-0.39, 0.29) is 5.41 Å². The molecule has 1 aromatic rings. The summed E-state index contributed by atoms with van der Waals surface area (Å²) in [5, 5.41) is 10.0. The van der Waals surface area contributed by atoms with Gasteiger partial charge in [-0.05, 0) is 38.5 Å². The van der Waals surface area contributed by atoms with Crippen LogP contribution in [0.25, 0.3) is 0 Å². The quantitative estimate of drug-likeness (QED) is 0.905. The highest BCUT2D eigenvalue weighted by Crippen LogP contribution is 2.45. The summed E-state index contributed by atoms with van der Waals surface area (Å²) >= 11 is 0. The van der Waals surface area contributed by atoms with Crippen LogP contribution in [0.3, 0.4) is 0 Å². The fraction of sp³-hybridized carbons (Fsp3) is 0.765. The lowest BCUT2D eigenvalue weighted by atomic mass is 9.76. The molecular formula is C17H27N3O. The molecule has 21 heavy (non-hydrogen) atoms. The maximum atomic E-state index is 10.0. The Morgan fingerprint density at radius 2 is 2.24 bits per heavy atom. The number of hydrogen-bond acceptors (Lipinski definition) is 4. The number of rotatable bonds is 5. The summed E-state index contributed by atoms with van der Waals surface area (Å²) in [5.41, 5.74) is 1.31. The van der Waals surface area contributed by atoms with Gasteiger partial charge in [-0.15, -0.1) is 0 Å². The highest BCUT2D eigenvalue weighted by Gasteiger charge is 2.40. The summed E-state index contributed by atoms with van der Waals surface area (Å²) in [6.07, 6.45) is 9.13. The molecule has 0 amide bonds. The molecule has 2 fully saturated rings. The summed E-state index contributed by atoms with van der Waals surface area (Å²) in [7, 11) is 0. The van der Waals surface area contributed by atoms with Gasteiger partial charge in [0.25, 0.3) is 0 Å². The van der Waals surface area contributed by atoms with E-state index in [1.807, 2.05) is 13.1 Å². The van der Waals surface area contributed by atoms with Crippen LogP contribution in [0.2, 0.25) is 0 Å². The lowest BCUT2D eigenvalue weighted by molar-refractivity contribution is 0.0901. The van der Waals surface area contributed by atoms with Crippen molar-refractivity contribution in [1.29, 1.82) is 0 Å². The minimum atomic E-state index is 0.0866. The first-order valence-corrected chi connectivity index (χ1v) is 8.34. The SMILES string of the molecule is CCc1cnc(C)nc1N1CCCC(CO)(CC2CC2)C1. The number of aliphatic hydroxyl groups is 1. The van der Waals surface area contributed by atoms with E-state index in [9.17, 15) is 5.11 Å². The molecule has 1 aliphatic heterocycles. The fourth-order valence-electron chi connectivity index (χ4n) is 3.69. The molecule has 2 heterocycles. The number of nitrogens with zero attached hydrogens (tertiary/aromatic N) is 3. The van der Waals surface area contributed by atoms with Crippen LogP contribution in [-0.4, -0.2) is 34.8 Å². The zero-order valence-electron chi connectivity index (χ0n) is 13.3. The van der Waals surface area contributed by atoms with Crippen molar-refractivity contribution < 1.29 is 5.11 Å². The molecule has 116 valence electrons. The van der Waals surface area contributed by atoms with Crippen LogP contribution in [0, 0.1) is 18.3 Å². The van der Waals surface area contributed by atoms with Gasteiger partial charge in [0.15, 0.2) is 0 Å². The van der Waals surface area contributed by atoms with Crippen molar-refractivity contribution in [3.8, 4) is 0 Å². The standard InChI is InChI=1S/C17H27N3O/c1-3-15-10-18-13(2)19-16(15)20-8-4-7-17(11-20,12-21)9-14-5-6-14/h10,14,21H,3-9,11-12H2,1-2H3. The Labute approximate surface area is 127 Å². The normalized spacial score (nSPS) is 26.1. The largest absolute Gasteiger partial charge is 0.396 e. The Kier molecular flexibility index (Phi) is 4.16. The van der Waals surface area contributed by atoms with Crippen molar-refractivity contribution in [2.24, 2.45) is 11.3 Å². The van der Waals surface area contributed by atoms with Gasteiger partial charge in [-0.3, -0.25) is 0 Å². The lowest BCUT2D eigenvalue weighted by Gasteiger charge is -2.43. The van der Waals surface area contributed by atoms with Gasteiger partial charge in [0.1, 0.15) is 11.6 Å². The average molecular weight is 289 g/mol. The predicted molar refractivity (Wildman–Crippen MR) is 84.5 cm³/mol. The molecule has 0 spiro atoms. The third-order valence-electron chi connectivity index (χ3n) is 5.06. The maximum Gasteiger partial charge on any atom is 0.135 e. The molecular weight excluding hydrogens is 262 g/mol. The topological polar surface area (TPSA) is 49.2 Å². The second-order valence-corrected chi connectivity index (χ2v) is 6.95. The molecule has 1 unspecified atom stereocenters. The van der Waals surface area contributed by atoms with E-state index in [0.717, 1.165) is 49.9 Å². The molecule has 0 aromatic carbocycles. The minimum absolute atomic E-state index is 0.0866. The smallest absolute Gasteiger partial charge is 0.135 e. The van der Waals surface area contributed by atoms with Crippen LogP contribution in [0.15, 0.2) is 6.20 Å². The van der Waals surface area contributed by atoms with Gasteiger partial charge < -0.3 is 10.0 Å². The van der Waals surface area contributed by atoms with Gasteiger partial charge in [0, 0.05) is 30.3 Å². The monoisotopic (exact) mass is 289 g/mol. The molecule has 0 bridgehead atoms. The van der Waals surface area contributed by atoms with Crippen LogP contribution in [0.1, 0.15) is 50.4 Å². The Morgan fingerprint density at radius 1 is 1.43 bits per heavy atom. The van der Waals surface area contributed by atoms with Crippen molar-refractivity contribution >= 4 is 5.82 Å². The van der Waals surface area contributed by atoms with Crippen LogP contribution in [0.4, 0.5) is 5.82 Å². The fourth-order valence-corrected chi connectivity index (χ4v) is 3.69. The number of aryl methyl sites for hydroxylation is 2. The van der Waals surface area contributed by atoms with Crippen molar-refractivity contribution in [2.75, 3.05) is 24.6 Å².